The van der Waals surface area contributed by atoms with Crippen LogP contribution in [0.15, 0.2) is 36.7 Å². The van der Waals surface area contributed by atoms with Crippen molar-refractivity contribution in [1.82, 2.24) is 19.6 Å². The molecular formula is C19H24N4O3. The van der Waals surface area contributed by atoms with Crippen LogP contribution < -0.4 is 4.74 Å². The lowest BCUT2D eigenvalue weighted by atomic mass is 10.1. The SMILES string of the molecule is COc1ccc(-n2cccn2)c(CN2C[C@@H]3COC[C@H](C2)N(C)C3=O)c1. The van der Waals surface area contributed by atoms with Gasteiger partial charge in [0.05, 0.1) is 38.0 Å². The molecule has 2 aliphatic rings. The number of likely N-dealkylation sites (N-methyl/N-ethyl adjacent to an activating group) is 1. The lowest BCUT2D eigenvalue weighted by molar-refractivity contribution is -0.133. The first kappa shape index (κ1) is 17.1. The van der Waals surface area contributed by atoms with Gasteiger partial charge >= 0.3 is 0 Å². The normalized spacial score (nSPS) is 23.8. The zero-order valence-corrected chi connectivity index (χ0v) is 15.2. The number of ether oxygens (including phenoxy) is 2. The molecule has 0 saturated carbocycles. The van der Waals surface area contributed by atoms with Gasteiger partial charge < -0.3 is 14.4 Å². The first-order valence-corrected chi connectivity index (χ1v) is 8.89. The van der Waals surface area contributed by atoms with Gasteiger partial charge in [-0.3, -0.25) is 9.69 Å². The van der Waals surface area contributed by atoms with Crippen molar-refractivity contribution in [1.29, 1.82) is 0 Å². The van der Waals surface area contributed by atoms with E-state index in [0.29, 0.717) is 19.8 Å². The first-order chi connectivity index (χ1) is 12.7. The highest BCUT2D eigenvalue weighted by molar-refractivity contribution is 5.80. The Balaban J connectivity index is 1.63. The molecule has 0 spiro atoms. The number of methoxy groups -OCH3 is 1. The van der Waals surface area contributed by atoms with Crippen molar-refractivity contribution >= 4 is 5.91 Å². The van der Waals surface area contributed by atoms with Crippen LogP contribution >= 0.6 is 0 Å². The van der Waals surface area contributed by atoms with Crippen LogP contribution in [-0.4, -0.2) is 72.0 Å². The summed E-state index contributed by atoms with van der Waals surface area (Å²) in [5.74, 6) is 0.904. The standard InChI is InChI=1S/C19H24N4O3/c1-21-16-11-22(10-15(19(21)24)12-26-13-16)9-14-8-17(25-2)4-5-18(14)23-7-3-6-20-23/h3-8,15-16H,9-13H2,1-2H3/t15-,16+/m1/s1. The average Bonchev–Trinajstić information content (AvgIpc) is 3.09. The summed E-state index contributed by atoms with van der Waals surface area (Å²) >= 11 is 0. The van der Waals surface area contributed by atoms with E-state index in [1.165, 1.54) is 0 Å². The summed E-state index contributed by atoms with van der Waals surface area (Å²) in [5.41, 5.74) is 2.16. The van der Waals surface area contributed by atoms with Crippen molar-refractivity contribution in [2.24, 2.45) is 5.92 Å². The quantitative estimate of drug-likeness (QED) is 0.823. The summed E-state index contributed by atoms with van der Waals surface area (Å²) in [6.45, 7) is 3.34. The van der Waals surface area contributed by atoms with Gasteiger partial charge in [0.25, 0.3) is 0 Å². The number of hydrogen-bond acceptors (Lipinski definition) is 5. The molecule has 3 heterocycles. The van der Waals surface area contributed by atoms with Gasteiger partial charge in [-0.15, -0.1) is 0 Å². The van der Waals surface area contributed by atoms with Crippen LogP contribution in [0.2, 0.25) is 0 Å². The van der Waals surface area contributed by atoms with Crippen LogP contribution in [0.5, 0.6) is 5.75 Å². The molecular weight excluding hydrogens is 332 g/mol. The summed E-state index contributed by atoms with van der Waals surface area (Å²) < 4.78 is 13.0. The average molecular weight is 356 g/mol. The number of benzene rings is 1. The fourth-order valence-electron chi connectivity index (χ4n) is 3.81. The van der Waals surface area contributed by atoms with E-state index in [2.05, 4.69) is 16.1 Å². The van der Waals surface area contributed by atoms with Crippen molar-refractivity contribution in [3.63, 3.8) is 0 Å². The Morgan fingerprint density at radius 1 is 1.31 bits per heavy atom. The molecule has 0 aliphatic carbocycles. The maximum atomic E-state index is 12.6. The number of carbonyl (C=O) groups excluding carboxylic acids is 1. The molecule has 1 aromatic carbocycles. The van der Waals surface area contributed by atoms with Gasteiger partial charge in [0.1, 0.15) is 5.75 Å². The summed E-state index contributed by atoms with van der Waals surface area (Å²) in [7, 11) is 3.56. The lowest BCUT2D eigenvalue weighted by Crippen LogP contribution is -2.43. The highest BCUT2D eigenvalue weighted by Gasteiger charge is 2.37. The Labute approximate surface area is 153 Å². The number of rotatable bonds is 4. The second-order valence-corrected chi connectivity index (χ2v) is 6.98. The third kappa shape index (κ3) is 3.20. The van der Waals surface area contributed by atoms with Gasteiger partial charge in [0, 0.05) is 39.1 Å². The van der Waals surface area contributed by atoms with Gasteiger partial charge in [0.15, 0.2) is 0 Å². The van der Waals surface area contributed by atoms with E-state index in [-0.39, 0.29) is 17.9 Å². The van der Waals surface area contributed by atoms with Crippen molar-refractivity contribution in [2.75, 3.05) is 40.5 Å². The second-order valence-electron chi connectivity index (χ2n) is 6.98. The molecule has 2 aliphatic heterocycles. The van der Waals surface area contributed by atoms with Crippen LogP contribution in [0.25, 0.3) is 5.69 Å². The molecule has 7 heteroatoms. The number of aromatic nitrogens is 2. The fourth-order valence-corrected chi connectivity index (χ4v) is 3.81. The van der Waals surface area contributed by atoms with Gasteiger partial charge in [0.2, 0.25) is 5.91 Å². The zero-order chi connectivity index (χ0) is 18.1. The minimum Gasteiger partial charge on any atom is -0.497 e. The van der Waals surface area contributed by atoms with Crippen LogP contribution in [-0.2, 0) is 16.1 Å². The molecule has 138 valence electrons. The largest absolute Gasteiger partial charge is 0.497 e. The second kappa shape index (κ2) is 7.09. The molecule has 0 radical (unpaired) electrons. The maximum absolute atomic E-state index is 12.6. The Hall–Kier alpha value is -2.38. The number of carbonyl (C=O) groups is 1. The van der Waals surface area contributed by atoms with Crippen LogP contribution in [0, 0.1) is 5.92 Å². The van der Waals surface area contributed by atoms with E-state index in [9.17, 15) is 4.79 Å². The molecule has 1 aromatic heterocycles. The molecule has 2 saturated heterocycles. The number of fused-ring (bicyclic) bond motifs is 3. The van der Waals surface area contributed by atoms with Gasteiger partial charge in [-0.2, -0.15) is 5.10 Å². The molecule has 4 rings (SSSR count). The van der Waals surface area contributed by atoms with E-state index >= 15 is 0 Å². The van der Waals surface area contributed by atoms with E-state index in [1.54, 1.807) is 13.3 Å². The molecule has 2 fully saturated rings. The van der Waals surface area contributed by atoms with Gasteiger partial charge in [-0.25, -0.2) is 4.68 Å². The van der Waals surface area contributed by atoms with E-state index in [1.807, 2.05) is 41.0 Å². The van der Waals surface area contributed by atoms with Crippen molar-refractivity contribution in [3.05, 3.63) is 42.2 Å². The van der Waals surface area contributed by atoms with E-state index < -0.39 is 0 Å². The molecule has 26 heavy (non-hydrogen) atoms. The van der Waals surface area contributed by atoms with Crippen molar-refractivity contribution < 1.29 is 14.3 Å². The molecule has 2 aromatic rings. The fraction of sp³-hybridized carbons (Fsp3) is 0.474. The molecule has 7 nitrogen and oxygen atoms in total. The Morgan fingerprint density at radius 3 is 2.96 bits per heavy atom. The maximum Gasteiger partial charge on any atom is 0.229 e. The molecule has 2 bridgehead atoms. The van der Waals surface area contributed by atoms with Crippen molar-refractivity contribution in [3.8, 4) is 11.4 Å². The number of amides is 1. The van der Waals surface area contributed by atoms with Crippen LogP contribution in [0.1, 0.15) is 5.56 Å². The predicted molar refractivity (Wildman–Crippen MR) is 96.3 cm³/mol. The molecule has 2 atom stereocenters. The Kier molecular flexibility index (Phi) is 4.65. The van der Waals surface area contributed by atoms with Gasteiger partial charge in [-0.05, 0) is 29.8 Å². The highest BCUT2D eigenvalue weighted by Crippen LogP contribution is 2.25. The minimum absolute atomic E-state index is 0.0914. The van der Waals surface area contributed by atoms with Crippen LogP contribution in [0.4, 0.5) is 0 Å². The predicted octanol–water partition coefficient (Wildman–Crippen LogP) is 1.17. The van der Waals surface area contributed by atoms with E-state index in [4.69, 9.17) is 9.47 Å². The minimum atomic E-state index is -0.105. The zero-order valence-electron chi connectivity index (χ0n) is 15.2. The van der Waals surface area contributed by atoms with Gasteiger partial charge in [-0.1, -0.05) is 0 Å². The smallest absolute Gasteiger partial charge is 0.229 e. The monoisotopic (exact) mass is 356 g/mol. The van der Waals surface area contributed by atoms with E-state index in [0.717, 1.165) is 30.1 Å². The van der Waals surface area contributed by atoms with Crippen molar-refractivity contribution in [2.45, 2.75) is 12.6 Å². The molecule has 1 amide bonds. The summed E-state index contributed by atoms with van der Waals surface area (Å²) in [6, 6.07) is 8.03. The topological polar surface area (TPSA) is 59.8 Å². The summed E-state index contributed by atoms with van der Waals surface area (Å²) in [5, 5.41) is 4.37. The third-order valence-electron chi connectivity index (χ3n) is 5.25. The first-order valence-electron chi connectivity index (χ1n) is 8.89. The number of nitrogens with zero attached hydrogens (tertiary/aromatic N) is 4. The lowest BCUT2D eigenvalue weighted by Gasteiger charge is -2.29. The van der Waals surface area contributed by atoms with Crippen LogP contribution in [0.3, 0.4) is 0 Å². The third-order valence-corrected chi connectivity index (χ3v) is 5.25. The molecule has 0 N–H and O–H groups in total. The summed E-state index contributed by atoms with van der Waals surface area (Å²) in [4.78, 5) is 16.8. The Morgan fingerprint density at radius 2 is 2.19 bits per heavy atom. The summed E-state index contributed by atoms with van der Waals surface area (Å²) in [6.07, 6.45) is 3.71. The highest BCUT2D eigenvalue weighted by atomic mass is 16.5. The Bertz CT molecular complexity index is 777. The number of hydrogen-bond donors (Lipinski definition) is 0. The molecule has 0 unspecified atom stereocenters.